The monoisotopic (exact) mass is 858 g/mol. The van der Waals surface area contributed by atoms with Gasteiger partial charge in [-0.25, -0.2) is 0 Å². The molecule has 9 rings (SSSR count). The molecule has 0 bridgehead atoms. The van der Waals surface area contributed by atoms with Crippen LogP contribution in [-0.2, 0) is 47.4 Å². The quantitative estimate of drug-likeness (QED) is 0.191. The van der Waals surface area contributed by atoms with E-state index in [1.54, 1.807) is 6.92 Å². The number of carbonyl (C=O) groups excluding carboxylic acids is 1. The minimum absolute atomic E-state index is 0.0122. The Balaban J connectivity index is 0.750. The Morgan fingerprint density at radius 3 is 2.02 bits per heavy atom. The summed E-state index contributed by atoms with van der Waals surface area (Å²) in [5.41, 5.74) is -1.18. The third-order valence-corrected chi connectivity index (χ3v) is 17.0. The Bertz CT molecular complexity index is 1660. The van der Waals surface area contributed by atoms with Crippen LogP contribution < -0.4 is 0 Å². The van der Waals surface area contributed by atoms with Crippen molar-refractivity contribution in [1.29, 1.82) is 0 Å². The van der Waals surface area contributed by atoms with Crippen LogP contribution in [0.4, 0.5) is 0 Å². The highest BCUT2D eigenvalue weighted by Gasteiger charge is 2.72. The molecule has 22 atom stereocenters. The highest BCUT2D eigenvalue weighted by atomic mass is 16.8. The number of ether oxygens (including phenoxy) is 9. The maximum atomic E-state index is 13.0. The Hall–Kier alpha value is -1.79. The van der Waals surface area contributed by atoms with Gasteiger partial charge >= 0.3 is 5.97 Å². The molecular weight excluding hydrogens is 789 g/mol. The van der Waals surface area contributed by atoms with Crippen molar-refractivity contribution in [3.8, 4) is 0 Å². The van der Waals surface area contributed by atoms with E-state index in [2.05, 4.69) is 6.92 Å². The average molecular weight is 859 g/mol. The van der Waals surface area contributed by atoms with Gasteiger partial charge in [-0.1, -0.05) is 44.2 Å². The van der Waals surface area contributed by atoms with Crippen molar-refractivity contribution in [1.82, 2.24) is 0 Å². The average Bonchev–Trinajstić information content (AvgIpc) is 3.78. The standard InChI is InChI=1S/C47H70O14/c1-7-53-43(51)31-16-18-47(52)30-14-13-28-19-29(15-17-45(28,5)32(30)20-36(50)46(31,47)6)57-37-21-33(48)40(24(2)54-37)59-38-22-34(49)41(25(3)55-38)60-39-23-35-42(26(4)56-39)61-44(58-35)27-11-9-8-10-12-27/h8-12,24-26,28-42,44,48-50,52H,7,13-23H2,1-6H3/t24-,25-,26-,28-,29+,30-,31-,32+,33+,34+,35+,36-,37?,38?,39?,40-,41-,42-,44?,45+,46+,47+/m1/s1. The highest BCUT2D eigenvalue weighted by molar-refractivity contribution is 5.74. The summed E-state index contributed by atoms with van der Waals surface area (Å²) in [6.45, 7) is 12.0. The number of hydrogen-bond acceptors (Lipinski definition) is 14. The van der Waals surface area contributed by atoms with Crippen LogP contribution in [0.2, 0.25) is 0 Å². The van der Waals surface area contributed by atoms with Crippen molar-refractivity contribution in [2.24, 2.45) is 34.5 Å². The molecule has 1 aromatic rings. The molecule has 1 aromatic carbocycles. The molecule has 4 unspecified atom stereocenters. The molecule has 4 aliphatic carbocycles. The normalized spacial score (nSPS) is 52.1. The lowest BCUT2D eigenvalue weighted by Gasteiger charge is -2.64. The molecular formula is C47H70O14. The van der Waals surface area contributed by atoms with E-state index in [0.29, 0.717) is 31.6 Å². The Labute approximate surface area is 360 Å². The molecule has 0 radical (unpaired) electrons. The van der Waals surface area contributed by atoms with Crippen LogP contribution in [0.15, 0.2) is 30.3 Å². The summed E-state index contributed by atoms with van der Waals surface area (Å²) in [5.74, 6) is -0.312. The van der Waals surface area contributed by atoms with Gasteiger partial charge in [-0.2, -0.15) is 0 Å². The number of hydrogen-bond donors (Lipinski definition) is 4. The molecule has 61 heavy (non-hydrogen) atoms. The maximum absolute atomic E-state index is 13.0. The fraction of sp³-hybridized carbons (Fsp3) is 0.851. The van der Waals surface area contributed by atoms with Crippen LogP contribution in [0.1, 0.15) is 124 Å². The predicted octanol–water partition coefficient (Wildman–Crippen LogP) is 5.06. The number of fused-ring (bicyclic) bond motifs is 6. The summed E-state index contributed by atoms with van der Waals surface area (Å²) in [4.78, 5) is 13.0. The molecule has 342 valence electrons. The van der Waals surface area contributed by atoms with Gasteiger partial charge < -0.3 is 63.1 Å². The van der Waals surface area contributed by atoms with Gasteiger partial charge in [0, 0.05) is 30.2 Å². The van der Waals surface area contributed by atoms with Crippen LogP contribution >= 0.6 is 0 Å². The first kappa shape index (κ1) is 44.4. The van der Waals surface area contributed by atoms with Crippen LogP contribution in [0.3, 0.4) is 0 Å². The summed E-state index contributed by atoms with van der Waals surface area (Å²) < 4.78 is 56.0. The molecule has 8 fully saturated rings. The third kappa shape index (κ3) is 7.84. The van der Waals surface area contributed by atoms with Gasteiger partial charge in [-0.05, 0) is 102 Å². The summed E-state index contributed by atoms with van der Waals surface area (Å²) in [6, 6.07) is 9.83. The summed E-state index contributed by atoms with van der Waals surface area (Å²) in [6.07, 6.45) is -1.34. The van der Waals surface area contributed by atoms with Crippen molar-refractivity contribution < 1.29 is 67.9 Å². The van der Waals surface area contributed by atoms with E-state index in [0.717, 1.165) is 37.7 Å². The molecule has 4 aliphatic heterocycles. The molecule has 8 aliphatic rings. The largest absolute Gasteiger partial charge is 0.466 e. The van der Waals surface area contributed by atoms with E-state index in [9.17, 15) is 25.2 Å². The molecule has 4 saturated carbocycles. The van der Waals surface area contributed by atoms with Crippen LogP contribution in [0, 0.1) is 34.5 Å². The highest BCUT2D eigenvalue weighted by Crippen LogP contribution is 2.69. The lowest BCUT2D eigenvalue weighted by molar-refractivity contribution is -0.334. The van der Waals surface area contributed by atoms with E-state index in [-0.39, 0.29) is 67.1 Å². The minimum atomic E-state index is -1.12. The van der Waals surface area contributed by atoms with Crippen LogP contribution in [0.5, 0.6) is 0 Å². The second-order valence-corrected chi connectivity index (χ2v) is 20.2. The van der Waals surface area contributed by atoms with Gasteiger partial charge in [0.1, 0.15) is 18.3 Å². The van der Waals surface area contributed by atoms with Crippen molar-refractivity contribution in [3.05, 3.63) is 35.9 Å². The lowest BCUT2D eigenvalue weighted by atomic mass is 9.42. The lowest BCUT2D eigenvalue weighted by Crippen LogP contribution is -2.67. The predicted molar refractivity (Wildman–Crippen MR) is 217 cm³/mol. The van der Waals surface area contributed by atoms with Crippen molar-refractivity contribution in [2.45, 2.75) is 210 Å². The first-order valence-corrected chi connectivity index (χ1v) is 23.3. The van der Waals surface area contributed by atoms with E-state index in [1.807, 2.05) is 58.0 Å². The minimum Gasteiger partial charge on any atom is -0.466 e. The molecule has 4 saturated heterocycles. The van der Waals surface area contributed by atoms with Crippen molar-refractivity contribution >= 4 is 5.97 Å². The molecule has 0 aromatic heterocycles. The zero-order chi connectivity index (χ0) is 43.0. The SMILES string of the molecule is CCOC(=O)[C@H]1CC[C@]2(O)[C@@H]3CC[C@@H]4C[C@@H](OC5C[C@H](O)[C@H](OC6C[C@H](O)[C@H](OC7C[C@@H]8OC(c9ccccc9)O[C@@H]8[C@@H](C)O7)[C@@H](C)O6)[C@@H](C)O5)CC[C@]4(C)[C@H]3C[C@@H](O)[C@]12C. The van der Waals surface area contributed by atoms with Crippen molar-refractivity contribution in [2.75, 3.05) is 6.61 Å². The molecule has 0 amide bonds. The molecule has 4 heterocycles. The van der Waals surface area contributed by atoms with Gasteiger partial charge in [0.05, 0.1) is 67.0 Å². The van der Waals surface area contributed by atoms with E-state index >= 15 is 0 Å². The zero-order valence-corrected chi connectivity index (χ0v) is 36.7. The second kappa shape index (κ2) is 17.2. The van der Waals surface area contributed by atoms with Gasteiger partial charge in [-0.15, -0.1) is 0 Å². The number of aliphatic hydroxyl groups is 4. The Morgan fingerprint density at radius 1 is 0.721 bits per heavy atom. The fourth-order valence-electron chi connectivity index (χ4n) is 13.6. The Morgan fingerprint density at radius 2 is 1.36 bits per heavy atom. The molecule has 4 N–H and O–H groups in total. The summed E-state index contributed by atoms with van der Waals surface area (Å²) in [5, 5.41) is 46.9. The number of benzene rings is 1. The van der Waals surface area contributed by atoms with E-state index in [4.69, 9.17) is 42.6 Å². The van der Waals surface area contributed by atoms with Crippen LogP contribution in [-0.4, -0.2) is 125 Å². The van der Waals surface area contributed by atoms with Gasteiger partial charge in [0.25, 0.3) is 0 Å². The van der Waals surface area contributed by atoms with Gasteiger partial charge in [-0.3, -0.25) is 4.79 Å². The summed E-state index contributed by atoms with van der Waals surface area (Å²) in [7, 11) is 0. The topological polar surface area (TPSA) is 181 Å². The third-order valence-electron chi connectivity index (χ3n) is 17.0. The summed E-state index contributed by atoms with van der Waals surface area (Å²) >= 11 is 0. The van der Waals surface area contributed by atoms with E-state index < -0.39 is 84.8 Å². The van der Waals surface area contributed by atoms with Gasteiger partial charge in [0.15, 0.2) is 25.2 Å². The fourth-order valence-corrected chi connectivity index (χ4v) is 13.6. The molecule has 14 heteroatoms. The molecule has 0 spiro atoms. The van der Waals surface area contributed by atoms with Crippen LogP contribution in [0.25, 0.3) is 0 Å². The second-order valence-electron chi connectivity index (χ2n) is 20.2. The smallest absolute Gasteiger partial charge is 0.309 e. The Kier molecular flexibility index (Phi) is 12.5. The number of aliphatic hydroxyl groups excluding tert-OH is 3. The van der Waals surface area contributed by atoms with E-state index in [1.165, 1.54) is 0 Å². The van der Waals surface area contributed by atoms with Crippen molar-refractivity contribution in [3.63, 3.8) is 0 Å². The zero-order valence-electron chi connectivity index (χ0n) is 36.7. The number of carbonyl (C=O) groups is 1. The number of rotatable bonds is 9. The number of esters is 1. The first-order chi connectivity index (χ1) is 29.1. The molecule has 14 nitrogen and oxygen atoms in total. The van der Waals surface area contributed by atoms with Gasteiger partial charge in [0.2, 0.25) is 0 Å². The maximum Gasteiger partial charge on any atom is 0.309 e. The first-order valence-electron chi connectivity index (χ1n) is 23.3.